The molecule has 0 spiro atoms. The third kappa shape index (κ3) is 1.57. The first-order chi connectivity index (χ1) is 5.90. The molecule has 0 aromatic rings. The van der Waals surface area contributed by atoms with Gasteiger partial charge >= 0.3 is 0 Å². The van der Waals surface area contributed by atoms with Crippen LogP contribution in [0.2, 0.25) is 0 Å². The maximum Gasteiger partial charge on any atom is -0.0200 e. The van der Waals surface area contributed by atoms with Crippen LogP contribution in [0.25, 0.3) is 0 Å². The molecule has 0 N–H and O–H groups in total. The summed E-state index contributed by atoms with van der Waals surface area (Å²) in [6, 6.07) is 0. The lowest BCUT2D eigenvalue weighted by Gasteiger charge is -2.17. The Labute approximate surface area is 76.1 Å². The van der Waals surface area contributed by atoms with Gasteiger partial charge in [0.15, 0.2) is 0 Å². The van der Waals surface area contributed by atoms with Gasteiger partial charge in [0.05, 0.1) is 0 Å². The molecule has 0 heterocycles. The van der Waals surface area contributed by atoms with Gasteiger partial charge in [-0.15, -0.1) is 0 Å². The molecular weight excluding hydrogens is 144 g/mol. The Morgan fingerprint density at radius 3 is 3.08 bits per heavy atom. The molecule has 0 radical (unpaired) electrons. The van der Waals surface area contributed by atoms with Crippen LogP contribution in [-0.4, -0.2) is 0 Å². The van der Waals surface area contributed by atoms with E-state index in [4.69, 9.17) is 0 Å². The van der Waals surface area contributed by atoms with Gasteiger partial charge in [0.25, 0.3) is 0 Å². The molecule has 0 nitrogen and oxygen atoms in total. The summed E-state index contributed by atoms with van der Waals surface area (Å²) in [6.45, 7) is 2.35. The van der Waals surface area contributed by atoms with E-state index in [1.165, 1.54) is 38.5 Å². The van der Waals surface area contributed by atoms with E-state index in [2.05, 4.69) is 19.1 Å². The highest BCUT2D eigenvalue weighted by Crippen LogP contribution is 2.39. The third-order valence-electron chi connectivity index (χ3n) is 3.80. The number of rotatable bonds is 1. The van der Waals surface area contributed by atoms with E-state index in [-0.39, 0.29) is 0 Å². The summed E-state index contributed by atoms with van der Waals surface area (Å²) in [6.07, 6.45) is 13.6. The van der Waals surface area contributed by atoms with Crippen molar-refractivity contribution in [3.63, 3.8) is 0 Å². The molecule has 3 unspecified atom stereocenters. The molecular formula is C12H20. The SMILES string of the molecule is CCC1CCCC2CC=CC2C1. The molecule has 0 amide bonds. The summed E-state index contributed by atoms with van der Waals surface area (Å²) < 4.78 is 0. The fraction of sp³-hybridized carbons (Fsp3) is 0.833. The van der Waals surface area contributed by atoms with Gasteiger partial charge in [-0.25, -0.2) is 0 Å². The molecule has 2 rings (SSSR count). The van der Waals surface area contributed by atoms with E-state index < -0.39 is 0 Å². The monoisotopic (exact) mass is 164 g/mol. The van der Waals surface area contributed by atoms with E-state index in [1.807, 2.05) is 0 Å². The highest BCUT2D eigenvalue weighted by atomic mass is 14.3. The third-order valence-corrected chi connectivity index (χ3v) is 3.80. The van der Waals surface area contributed by atoms with Crippen molar-refractivity contribution in [2.75, 3.05) is 0 Å². The van der Waals surface area contributed by atoms with Crippen LogP contribution in [0.4, 0.5) is 0 Å². The van der Waals surface area contributed by atoms with Crippen molar-refractivity contribution in [2.24, 2.45) is 17.8 Å². The normalized spacial score (nSPS) is 40.9. The van der Waals surface area contributed by atoms with Crippen molar-refractivity contribution in [3.05, 3.63) is 12.2 Å². The van der Waals surface area contributed by atoms with E-state index in [0.29, 0.717) is 0 Å². The summed E-state index contributed by atoms with van der Waals surface area (Å²) in [5.74, 6) is 3.02. The van der Waals surface area contributed by atoms with Gasteiger partial charge in [0.1, 0.15) is 0 Å². The first-order valence-electron chi connectivity index (χ1n) is 5.56. The highest BCUT2D eigenvalue weighted by molar-refractivity contribution is 5.02. The Hall–Kier alpha value is -0.260. The van der Waals surface area contributed by atoms with E-state index in [9.17, 15) is 0 Å². The predicted molar refractivity (Wildman–Crippen MR) is 53.0 cm³/mol. The summed E-state index contributed by atoms with van der Waals surface area (Å²) in [7, 11) is 0. The number of hydrogen-bond acceptors (Lipinski definition) is 0. The van der Waals surface area contributed by atoms with Gasteiger partial charge in [-0.05, 0) is 37.0 Å². The van der Waals surface area contributed by atoms with Crippen LogP contribution in [0.15, 0.2) is 12.2 Å². The second-order valence-electron chi connectivity index (χ2n) is 4.53. The Morgan fingerprint density at radius 1 is 1.33 bits per heavy atom. The lowest BCUT2D eigenvalue weighted by Crippen LogP contribution is -2.08. The maximum atomic E-state index is 2.48. The molecule has 0 saturated heterocycles. The number of hydrogen-bond donors (Lipinski definition) is 0. The molecule has 1 fully saturated rings. The van der Waals surface area contributed by atoms with Crippen LogP contribution in [0.5, 0.6) is 0 Å². The quantitative estimate of drug-likeness (QED) is 0.517. The first kappa shape index (κ1) is 8.34. The van der Waals surface area contributed by atoms with Gasteiger partial charge in [-0.3, -0.25) is 0 Å². The Morgan fingerprint density at radius 2 is 2.25 bits per heavy atom. The van der Waals surface area contributed by atoms with Crippen LogP contribution >= 0.6 is 0 Å². The summed E-state index contributed by atoms with van der Waals surface area (Å²) in [5, 5.41) is 0. The van der Waals surface area contributed by atoms with Crippen molar-refractivity contribution < 1.29 is 0 Å². The molecule has 2 aliphatic rings. The van der Waals surface area contributed by atoms with Crippen molar-refractivity contribution in [1.29, 1.82) is 0 Å². The van der Waals surface area contributed by atoms with Crippen LogP contribution in [0, 0.1) is 17.8 Å². The zero-order valence-electron chi connectivity index (χ0n) is 8.13. The smallest absolute Gasteiger partial charge is 0.0200 e. The zero-order chi connectivity index (χ0) is 8.39. The van der Waals surface area contributed by atoms with Crippen LogP contribution in [0.1, 0.15) is 45.4 Å². The van der Waals surface area contributed by atoms with Crippen molar-refractivity contribution >= 4 is 0 Å². The second kappa shape index (κ2) is 3.64. The fourth-order valence-corrected chi connectivity index (χ4v) is 2.91. The zero-order valence-corrected chi connectivity index (χ0v) is 8.13. The Kier molecular flexibility index (Phi) is 2.53. The molecule has 2 aliphatic carbocycles. The number of fused-ring (bicyclic) bond motifs is 1. The average molecular weight is 164 g/mol. The van der Waals surface area contributed by atoms with Gasteiger partial charge in [-0.2, -0.15) is 0 Å². The summed E-state index contributed by atoms with van der Waals surface area (Å²) >= 11 is 0. The lowest BCUT2D eigenvalue weighted by atomic mass is 9.88. The van der Waals surface area contributed by atoms with E-state index in [1.54, 1.807) is 0 Å². The van der Waals surface area contributed by atoms with Crippen LogP contribution < -0.4 is 0 Å². The second-order valence-corrected chi connectivity index (χ2v) is 4.53. The molecule has 68 valence electrons. The molecule has 3 atom stereocenters. The van der Waals surface area contributed by atoms with E-state index in [0.717, 1.165) is 17.8 Å². The maximum absolute atomic E-state index is 2.48. The molecule has 0 heteroatoms. The van der Waals surface area contributed by atoms with E-state index >= 15 is 0 Å². The van der Waals surface area contributed by atoms with Crippen molar-refractivity contribution in [2.45, 2.75) is 45.4 Å². The molecule has 0 aromatic carbocycles. The topological polar surface area (TPSA) is 0 Å². The van der Waals surface area contributed by atoms with Crippen LogP contribution in [0.3, 0.4) is 0 Å². The lowest BCUT2D eigenvalue weighted by molar-refractivity contribution is 0.360. The summed E-state index contributed by atoms with van der Waals surface area (Å²) in [4.78, 5) is 0. The minimum atomic E-state index is 0.956. The molecule has 12 heavy (non-hydrogen) atoms. The molecule has 0 bridgehead atoms. The van der Waals surface area contributed by atoms with Crippen molar-refractivity contribution in [1.82, 2.24) is 0 Å². The molecule has 1 saturated carbocycles. The Balaban J connectivity index is 1.98. The van der Waals surface area contributed by atoms with Gasteiger partial charge in [0.2, 0.25) is 0 Å². The minimum absolute atomic E-state index is 0.956. The predicted octanol–water partition coefficient (Wildman–Crippen LogP) is 3.78. The minimum Gasteiger partial charge on any atom is -0.0880 e. The number of allylic oxidation sites excluding steroid dienone is 2. The first-order valence-corrected chi connectivity index (χ1v) is 5.56. The Bertz CT molecular complexity index is 169. The van der Waals surface area contributed by atoms with Gasteiger partial charge in [0, 0.05) is 0 Å². The largest absolute Gasteiger partial charge is 0.0880 e. The highest BCUT2D eigenvalue weighted by Gasteiger charge is 2.27. The van der Waals surface area contributed by atoms with Gasteiger partial charge < -0.3 is 0 Å². The summed E-state index contributed by atoms with van der Waals surface area (Å²) in [5.41, 5.74) is 0. The van der Waals surface area contributed by atoms with Crippen LogP contribution in [-0.2, 0) is 0 Å². The average Bonchev–Trinajstić information content (AvgIpc) is 2.43. The van der Waals surface area contributed by atoms with Gasteiger partial charge in [-0.1, -0.05) is 38.3 Å². The van der Waals surface area contributed by atoms with Crippen molar-refractivity contribution in [3.8, 4) is 0 Å². The fourth-order valence-electron chi connectivity index (χ4n) is 2.91. The molecule has 0 aliphatic heterocycles. The standard InChI is InChI=1S/C12H20/c1-2-10-5-3-6-11-7-4-8-12(11)9-10/h4,8,10-12H,2-3,5-7,9H2,1H3. The molecule has 0 aromatic heterocycles.